The fraction of sp³-hybridized carbons (Fsp3) is 0.345. The molecule has 1 aliphatic carbocycles. The molecule has 0 spiro atoms. The Labute approximate surface area is 223 Å². The minimum atomic E-state index is -0.924. The van der Waals surface area contributed by atoms with Crippen LogP contribution in [0, 0.1) is 17.8 Å². The van der Waals surface area contributed by atoms with E-state index in [9.17, 15) is 19.5 Å². The molecule has 4 atom stereocenters. The van der Waals surface area contributed by atoms with E-state index < -0.39 is 29.7 Å². The molecule has 2 aliphatic heterocycles. The lowest BCUT2D eigenvalue weighted by Gasteiger charge is -2.30. The second-order valence-electron chi connectivity index (χ2n) is 9.76. The Balaban J connectivity index is 1.40. The molecule has 3 aliphatic rings. The molecule has 2 fully saturated rings. The van der Waals surface area contributed by atoms with Crippen LogP contribution in [-0.4, -0.2) is 47.7 Å². The van der Waals surface area contributed by atoms with Gasteiger partial charge in [-0.05, 0) is 67.2 Å². The zero-order chi connectivity index (χ0) is 26.3. The number of nitrogens with zero attached hydrogens (tertiary/aromatic N) is 1. The smallest absolute Gasteiger partial charge is 0.423 e. The molecule has 5 rings (SSSR count). The van der Waals surface area contributed by atoms with Gasteiger partial charge in [-0.2, -0.15) is 4.90 Å². The minimum Gasteiger partial charge on any atom is -0.507 e. The van der Waals surface area contributed by atoms with Crippen molar-refractivity contribution in [3.05, 3.63) is 75.3 Å². The van der Waals surface area contributed by atoms with Gasteiger partial charge in [0.15, 0.2) is 0 Å². The molecule has 7 nitrogen and oxygen atoms in total. The fourth-order valence-corrected chi connectivity index (χ4v) is 6.35. The predicted molar refractivity (Wildman–Crippen MR) is 141 cm³/mol. The van der Waals surface area contributed by atoms with E-state index in [2.05, 4.69) is 20.7 Å². The monoisotopic (exact) mass is 565 g/mol. The van der Waals surface area contributed by atoms with Crippen LogP contribution in [0.25, 0.3) is 11.6 Å². The predicted octanol–water partition coefficient (Wildman–Crippen LogP) is 5.58. The number of methoxy groups -OCH3 is 1. The summed E-state index contributed by atoms with van der Waals surface area (Å²) in [5.74, 6) is -2.15. The molecule has 0 unspecified atom stereocenters. The number of fused-ring (bicyclic) bond motifs is 3. The van der Waals surface area contributed by atoms with Gasteiger partial charge in [-0.1, -0.05) is 51.8 Å². The number of phenolic OH excluding ortho intramolecular Hbond substituents is 1. The van der Waals surface area contributed by atoms with Crippen molar-refractivity contribution >= 4 is 45.5 Å². The second-order valence-corrected chi connectivity index (χ2v) is 10.7. The quantitative estimate of drug-likeness (QED) is 0.289. The number of likely N-dealkylation sites (tertiary alicyclic amines) is 1. The Kier molecular flexibility index (Phi) is 7.05. The Morgan fingerprint density at radius 1 is 1.16 bits per heavy atom. The highest BCUT2D eigenvalue weighted by atomic mass is 79.9. The first-order valence-corrected chi connectivity index (χ1v) is 13.1. The Bertz CT molecular complexity index is 1320. The average molecular weight is 566 g/mol. The molecular formula is C29H28BrNO6. The molecule has 2 aromatic rings. The highest BCUT2D eigenvalue weighted by molar-refractivity contribution is 9.10. The highest BCUT2D eigenvalue weighted by Gasteiger charge is 2.58. The largest absolute Gasteiger partial charge is 0.507 e. The maximum absolute atomic E-state index is 13.1. The number of hydrogen-bond donors (Lipinski definition) is 1. The number of benzene rings is 2. The summed E-state index contributed by atoms with van der Waals surface area (Å²) in [6.07, 6.45) is 2.67. The van der Waals surface area contributed by atoms with Crippen molar-refractivity contribution in [1.82, 2.24) is 4.90 Å². The van der Waals surface area contributed by atoms with Crippen molar-refractivity contribution in [2.45, 2.75) is 32.3 Å². The molecule has 0 saturated carbocycles. The fourth-order valence-electron chi connectivity index (χ4n) is 5.97. The summed E-state index contributed by atoms with van der Waals surface area (Å²) in [5, 5.41) is 10.4. The number of hydrogen-bond acceptors (Lipinski definition) is 6. The number of allylic oxidation sites excluding steroid dienone is 2. The normalized spacial score (nSPS) is 25.4. The molecule has 8 heteroatoms. The van der Waals surface area contributed by atoms with Gasteiger partial charge in [0.25, 0.3) is 0 Å². The maximum atomic E-state index is 13.1. The molecule has 0 radical (unpaired) electrons. The molecule has 37 heavy (non-hydrogen) atoms. The summed E-state index contributed by atoms with van der Waals surface area (Å²) in [7, 11) is 1.17. The van der Waals surface area contributed by atoms with Crippen LogP contribution in [0.1, 0.15) is 37.3 Å². The number of aromatic hydroxyl groups is 1. The van der Waals surface area contributed by atoms with Crippen molar-refractivity contribution in [3.8, 4) is 5.75 Å². The van der Waals surface area contributed by atoms with Crippen molar-refractivity contribution in [3.63, 3.8) is 0 Å². The molecular weight excluding hydrogens is 538 g/mol. The van der Waals surface area contributed by atoms with Crippen molar-refractivity contribution in [2.75, 3.05) is 13.7 Å². The number of carbonyl (C=O) groups is 3. The topological polar surface area (TPSA) is 93.1 Å². The van der Waals surface area contributed by atoms with Crippen LogP contribution in [-0.2, 0) is 19.1 Å². The number of phenols is 1. The van der Waals surface area contributed by atoms with Gasteiger partial charge in [-0.3, -0.25) is 9.59 Å². The lowest BCUT2D eigenvalue weighted by Crippen LogP contribution is -2.37. The highest BCUT2D eigenvalue weighted by Crippen LogP contribution is 2.50. The number of rotatable bonds is 5. The summed E-state index contributed by atoms with van der Waals surface area (Å²) in [6.45, 7) is 2.33. The first-order valence-electron chi connectivity index (χ1n) is 12.3. The van der Waals surface area contributed by atoms with Crippen LogP contribution >= 0.6 is 15.9 Å². The van der Waals surface area contributed by atoms with E-state index >= 15 is 0 Å². The number of halogens is 1. The average Bonchev–Trinajstić information content (AvgIpc) is 3.42. The number of imide groups is 3. The molecule has 192 valence electrons. The molecule has 2 heterocycles. The van der Waals surface area contributed by atoms with Crippen molar-refractivity contribution in [2.24, 2.45) is 17.8 Å². The van der Waals surface area contributed by atoms with E-state index in [0.29, 0.717) is 36.3 Å². The van der Waals surface area contributed by atoms with E-state index in [4.69, 9.17) is 4.74 Å². The van der Waals surface area contributed by atoms with Crippen LogP contribution < -0.4 is 0 Å². The number of carbonyl (C=O) groups excluding carboxylic acids is 3. The van der Waals surface area contributed by atoms with Gasteiger partial charge in [-0.15, -0.1) is 0 Å². The third-order valence-corrected chi connectivity index (χ3v) is 8.14. The zero-order valence-electron chi connectivity index (χ0n) is 20.6. The Morgan fingerprint density at radius 2 is 1.92 bits per heavy atom. The molecule has 3 amide bonds. The SMILES string of the molecule is COC(=O)N1C(=O)[C@@H]2[C@@H](CC(C)=C3[C@@H](CC/C(=C/c4cc(Br)ccc4O)c4ccccc4)OC[C@@H]32)C1=O. The summed E-state index contributed by atoms with van der Waals surface area (Å²) in [6, 6.07) is 15.3. The molecule has 0 aromatic heterocycles. The first kappa shape index (κ1) is 25.4. The van der Waals surface area contributed by atoms with Crippen LogP contribution in [0.3, 0.4) is 0 Å². The van der Waals surface area contributed by atoms with Crippen LogP contribution in [0.4, 0.5) is 4.79 Å². The minimum absolute atomic E-state index is 0.191. The summed E-state index contributed by atoms with van der Waals surface area (Å²) in [5.41, 5.74) is 4.95. The first-order chi connectivity index (χ1) is 17.8. The van der Waals surface area contributed by atoms with E-state index in [1.54, 1.807) is 12.1 Å². The van der Waals surface area contributed by atoms with Crippen molar-refractivity contribution < 1.29 is 29.0 Å². The Morgan fingerprint density at radius 3 is 2.65 bits per heavy atom. The van der Waals surface area contributed by atoms with E-state index in [0.717, 1.165) is 26.8 Å². The third kappa shape index (κ3) is 4.64. The zero-order valence-corrected chi connectivity index (χ0v) is 22.2. The number of amides is 3. The van der Waals surface area contributed by atoms with Crippen molar-refractivity contribution in [1.29, 1.82) is 0 Å². The van der Waals surface area contributed by atoms with Gasteiger partial charge < -0.3 is 14.6 Å². The summed E-state index contributed by atoms with van der Waals surface area (Å²) < 4.78 is 11.8. The van der Waals surface area contributed by atoms with E-state index in [1.807, 2.05) is 49.4 Å². The standard InChI is InChI=1S/C29H28BrNO6/c1-16-12-21-26(28(34)31(27(21)33)29(35)36-2)22-15-37-24(25(16)22)11-8-18(17-6-4-3-5-7-17)13-19-14-20(30)9-10-23(19)32/h3-7,9-10,13-14,21-22,24,26,32H,8,11-12,15H2,1-2H3/b18-13-/t21-,22+,24-,26-/m1/s1. The lowest BCUT2D eigenvalue weighted by atomic mass is 9.70. The Hall–Kier alpha value is -3.23. The van der Waals surface area contributed by atoms with E-state index in [-0.39, 0.29) is 17.8 Å². The van der Waals surface area contributed by atoms with Gasteiger partial charge in [0, 0.05) is 16.0 Å². The maximum Gasteiger partial charge on any atom is 0.423 e. The van der Waals surface area contributed by atoms with Gasteiger partial charge in [0.05, 0.1) is 31.7 Å². The summed E-state index contributed by atoms with van der Waals surface area (Å²) in [4.78, 5) is 38.8. The lowest BCUT2D eigenvalue weighted by molar-refractivity contribution is -0.137. The van der Waals surface area contributed by atoms with Crippen LogP contribution in [0.5, 0.6) is 5.75 Å². The molecule has 2 saturated heterocycles. The van der Waals surface area contributed by atoms with Gasteiger partial charge >= 0.3 is 6.09 Å². The van der Waals surface area contributed by atoms with E-state index in [1.165, 1.54) is 7.11 Å². The summed E-state index contributed by atoms with van der Waals surface area (Å²) >= 11 is 3.48. The molecule has 2 aromatic carbocycles. The van der Waals surface area contributed by atoms with Crippen LogP contribution in [0.2, 0.25) is 0 Å². The molecule has 1 N–H and O–H groups in total. The molecule has 0 bridgehead atoms. The second kappa shape index (κ2) is 10.3. The van der Waals surface area contributed by atoms with Gasteiger partial charge in [0.1, 0.15) is 5.75 Å². The van der Waals surface area contributed by atoms with Crippen LogP contribution in [0.15, 0.2) is 64.1 Å². The van der Waals surface area contributed by atoms with Gasteiger partial charge in [-0.25, -0.2) is 4.79 Å². The van der Waals surface area contributed by atoms with Gasteiger partial charge in [0.2, 0.25) is 11.8 Å². The number of ether oxygens (including phenoxy) is 2. The third-order valence-electron chi connectivity index (χ3n) is 7.65.